The maximum absolute atomic E-state index is 4.79. The molecular weight excluding hydrogens is 140 g/mol. The van der Waals surface area contributed by atoms with Crippen LogP contribution >= 0.6 is 0 Å². The number of nitrogens with one attached hydrogen (secondary N) is 1. The topological polar surface area (TPSA) is 37.9 Å². The van der Waals surface area contributed by atoms with E-state index in [1.165, 1.54) is 0 Å². The Bertz CT molecular complexity index is 367. The van der Waals surface area contributed by atoms with Crippen molar-refractivity contribution in [3.05, 3.63) is 31.5 Å². The van der Waals surface area contributed by atoms with Crippen LogP contribution < -0.4 is 4.74 Å². The van der Waals surface area contributed by atoms with Crippen molar-refractivity contribution in [3.63, 3.8) is 0 Å². The standard InChI is InChI=1S/C8H7N2O/c1-11-7-3-2-6-5-9-10-8(6)4-7/h2-5H,1H2,(H,9,10). The van der Waals surface area contributed by atoms with E-state index in [1.807, 2.05) is 18.2 Å². The Morgan fingerprint density at radius 1 is 1.45 bits per heavy atom. The Morgan fingerprint density at radius 2 is 2.36 bits per heavy atom. The third-order valence-electron chi connectivity index (χ3n) is 1.58. The van der Waals surface area contributed by atoms with Crippen molar-refractivity contribution in [2.24, 2.45) is 0 Å². The molecule has 0 aliphatic rings. The summed E-state index contributed by atoms with van der Waals surface area (Å²) in [5.41, 5.74) is 0.964. The van der Waals surface area contributed by atoms with Crippen molar-refractivity contribution < 1.29 is 4.74 Å². The Kier molecular flexibility index (Phi) is 1.28. The molecule has 0 saturated carbocycles. The monoisotopic (exact) mass is 147 g/mol. The van der Waals surface area contributed by atoms with Gasteiger partial charge in [-0.3, -0.25) is 5.10 Å². The van der Waals surface area contributed by atoms with E-state index in [0.717, 1.165) is 16.7 Å². The summed E-state index contributed by atoms with van der Waals surface area (Å²) in [6.07, 6.45) is 1.77. The fourth-order valence-electron chi connectivity index (χ4n) is 1.01. The number of H-pyrrole nitrogens is 1. The molecular formula is C8H7N2O. The minimum absolute atomic E-state index is 0.738. The first-order valence-electron chi connectivity index (χ1n) is 3.25. The second-order valence-electron chi connectivity index (χ2n) is 2.26. The van der Waals surface area contributed by atoms with Crippen LogP contribution in [-0.4, -0.2) is 10.2 Å². The number of rotatable bonds is 1. The van der Waals surface area contributed by atoms with Crippen LogP contribution in [0.1, 0.15) is 0 Å². The van der Waals surface area contributed by atoms with Crippen LogP contribution in [0.25, 0.3) is 10.9 Å². The molecule has 1 heterocycles. The van der Waals surface area contributed by atoms with Gasteiger partial charge in [-0.15, -0.1) is 0 Å². The molecule has 0 atom stereocenters. The van der Waals surface area contributed by atoms with Crippen LogP contribution in [0.15, 0.2) is 24.4 Å². The lowest BCUT2D eigenvalue weighted by molar-refractivity contribution is 0.473. The molecule has 3 nitrogen and oxygen atoms in total. The Labute approximate surface area is 64.0 Å². The maximum Gasteiger partial charge on any atom is 0.122 e. The first-order valence-corrected chi connectivity index (χ1v) is 3.25. The zero-order chi connectivity index (χ0) is 7.68. The average molecular weight is 147 g/mol. The molecule has 0 aliphatic heterocycles. The molecule has 1 radical (unpaired) electrons. The van der Waals surface area contributed by atoms with Gasteiger partial charge < -0.3 is 4.74 Å². The minimum atomic E-state index is 0.738. The predicted molar refractivity (Wildman–Crippen MR) is 42.1 cm³/mol. The second-order valence-corrected chi connectivity index (χ2v) is 2.26. The van der Waals surface area contributed by atoms with Gasteiger partial charge in [0, 0.05) is 11.5 Å². The van der Waals surface area contributed by atoms with Crippen molar-refractivity contribution in [1.29, 1.82) is 0 Å². The lowest BCUT2D eigenvalue weighted by Crippen LogP contribution is -1.77. The van der Waals surface area contributed by atoms with Gasteiger partial charge in [-0.1, -0.05) is 0 Å². The summed E-state index contributed by atoms with van der Waals surface area (Å²) in [5, 5.41) is 7.79. The fraction of sp³-hybridized carbons (Fsp3) is 0. The van der Waals surface area contributed by atoms with E-state index < -0.39 is 0 Å². The van der Waals surface area contributed by atoms with Crippen LogP contribution in [-0.2, 0) is 0 Å². The Morgan fingerprint density at radius 3 is 3.18 bits per heavy atom. The largest absolute Gasteiger partial charge is 0.490 e. The molecule has 0 bridgehead atoms. The van der Waals surface area contributed by atoms with Gasteiger partial charge in [-0.05, 0) is 12.1 Å². The van der Waals surface area contributed by atoms with Gasteiger partial charge in [0.1, 0.15) is 12.9 Å². The summed E-state index contributed by atoms with van der Waals surface area (Å²) in [6, 6.07) is 5.64. The summed E-state index contributed by atoms with van der Waals surface area (Å²) < 4.78 is 4.79. The Hall–Kier alpha value is -1.51. The van der Waals surface area contributed by atoms with Crippen molar-refractivity contribution >= 4 is 10.9 Å². The van der Waals surface area contributed by atoms with Gasteiger partial charge in [-0.25, -0.2) is 0 Å². The van der Waals surface area contributed by atoms with E-state index in [2.05, 4.69) is 17.3 Å². The van der Waals surface area contributed by atoms with Gasteiger partial charge in [-0.2, -0.15) is 5.10 Å². The van der Waals surface area contributed by atoms with E-state index in [-0.39, 0.29) is 0 Å². The first kappa shape index (κ1) is 6.22. The SMILES string of the molecule is [CH2]Oc1ccc2cn[nH]c2c1. The maximum atomic E-state index is 4.79. The van der Waals surface area contributed by atoms with E-state index in [9.17, 15) is 0 Å². The van der Waals surface area contributed by atoms with Crippen molar-refractivity contribution in [2.75, 3.05) is 0 Å². The minimum Gasteiger partial charge on any atom is -0.490 e. The lowest BCUT2D eigenvalue weighted by atomic mass is 10.2. The lowest BCUT2D eigenvalue weighted by Gasteiger charge is -1.96. The number of ether oxygens (including phenoxy) is 1. The van der Waals surface area contributed by atoms with Crippen LogP contribution in [0.3, 0.4) is 0 Å². The second kappa shape index (κ2) is 2.27. The van der Waals surface area contributed by atoms with Crippen LogP contribution in [0, 0.1) is 7.11 Å². The molecule has 1 aromatic heterocycles. The quantitative estimate of drug-likeness (QED) is 0.667. The molecule has 2 rings (SSSR count). The van der Waals surface area contributed by atoms with Crippen molar-refractivity contribution in [2.45, 2.75) is 0 Å². The number of nitrogens with zero attached hydrogens (tertiary/aromatic N) is 1. The summed E-state index contributed by atoms with van der Waals surface area (Å²) in [4.78, 5) is 0. The number of hydrogen-bond donors (Lipinski definition) is 1. The molecule has 11 heavy (non-hydrogen) atoms. The van der Waals surface area contributed by atoms with Gasteiger partial charge in [0.15, 0.2) is 0 Å². The van der Waals surface area contributed by atoms with E-state index in [4.69, 9.17) is 4.74 Å². The number of benzene rings is 1. The third-order valence-corrected chi connectivity index (χ3v) is 1.58. The van der Waals surface area contributed by atoms with Gasteiger partial charge in [0.2, 0.25) is 0 Å². The fourth-order valence-corrected chi connectivity index (χ4v) is 1.01. The van der Waals surface area contributed by atoms with Crippen LogP contribution in [0.4, 0.5) is 0 Å². The molecule has 0 unspecified atom stereocenters. The zero-order valence-electron chi connectivity index (χ0n) is 5.87. The highest BCUT2D eigenvalue weighted by atomic mass is 16.5. The van der Waals surface area contributed by atoms with Crippen LogP contribution in [0.5, 0.6) is 5.75 Å². The van der Waals surface area contributed by atoms with E-state index in [0.29, 0.717) is 0 Å². The van der Waals surface area contributed by atoms with Gasteiger partial charge in [0.25, 0.3) is 0 Å². The first-order chi connectivity index (χ1) is 5.40. The molecule has 3 heteroatoms. The molecule has 2 aromatic rings. The molecule has 1 aromatic carbocycles. The summed E-state index contributed by atoms with van der Waals surface area (Å²) >= 11 is 0. The smallest absolute Gasteiger partial charge is 0.122 e. The summed E-state index contributed by atoms with van der Waals surface area (Å²) in [6.45, 7) is 0. The highest BCUT2D eigenvalue weighted by molar-refractivity contribution is 5.79. The van der Waals surface area contributed by atoms with Crippen molar-refractivity contribution in [3.8, 4) is 5.75 Å². The molecule has 0 amide bonds. The zero-order valence-corrected chi connectivity index (χ0v) is 5.87. The molecule has 0 aliphatic carbocycles. The van der Waals surface area contributed by atoms with Crippen molar-refractivity contribution in [1.82, 2.24) is 10.2 Å². The Balaban J connectivity index is 2.67. The number of hydrogen-bond acceptors (Lipinski definition) is 2. The van der Waals surface area contributed by atoms with Gasteiger partial charge in [0.05, 0.1) is 11.7 Å². The number of aromatic amines is 1. The van der Waals surface area contributed by atoms with E-state index >= 15 is 0 Å². The molecule has 0 fully saturated rings. The third kappa shape index (κ3) is 0.941. The van der Waals surface area contributed by atoms with Crippen LogP contribution in [0.2, 0.25) is 0 Å². The molecule has 0 saturated heterocycles. The molecule has 0 spiro atoms. The normalized spacial score (nSPS) is 10.3. The van der Waals surface area contributed by atoms with Gasteiger partial charge >= 0.3 is 0 Å². The van der Waals surface area contributed by atoms with E-state index in [1.54, 1.807) is 6.20 Å². The summed E-state index contributed by atoms with van der Waals surface area (Å²) in [7, 11) is 3.31. The predicted octanol–water partition coefficient (Wildman–Crippen LogP) is 1.73. The average Bonchev–Trinajstić information content (AvgIpc) is 2.50. The number of fused-ring (bicyclic) bond motifs is 1. The molecule has 55 valence electrons. The highest BCUT2D eigenvalue weighted by Gasteiger charge is 1.95. The summed E-state index contributed by atoms with van der Waals surface area (Å²) in [5.74, 6) is 0.738. The molecule has 1 N–H and O–H groups in total. The highest BCUT2D eigenvalue weighted by Crippen LogP contribution is 2.17. The number of aromatic nitrogens is 2.